The molecule has 8 rings (SSSR count). The predicted molar refractivity (Wildman–Crippen MR) is 232 cm³/mol. The highest BCUT2D eigenvalue weighted by atomic mass is 16.8. The Morgan fingerprint density at radius 2 is 1.52 bits per heavy atom. The van der Waals surface area contributed by atoms with Crippen molar-refractivity contribution in [1.82, 2.24) is 0 Å². The smallest absolute Gasteiger partial charge is 0.458 e. The molecule has 2 heterocycles. The molecule has 1 N–H and O–H groups in total. The number of esters is 4. The lowest BCUT2D eigenvalue weighted by molar-refractivity contribution is -0.351. The normalized spacial score (nSPS) is 31.5. The molecule has 16 nitrogen and oxygen atoms in total. The Morgan fingerprint density at radius 3 is 2.15 bits per heavy atom. The first-order valence-electron chi connectivity index (χ1n) is 21.6. The van der Waals surface area contributed by atoms with Crippen molar-refractivity contribution in [2.24, 2.45) is 16.7 Å². The van der Waals surface area contributed by atoms with Gasteiger partial charge < -0.3 is 43.2 Å². The van der Waals surface area contributed by atoms with E-state index in [4.69, 9.17) is 37.9 Å². The van der Waals surface area contributed by atoms with Crippen LogP contribution in [-0.2, 0) is 68.5 Å². The molecule has 3 aromatic carbocycles. The first-order valence-corrected chi connectivity index (χ1v) is 21.6. The van der Waals surface area contributed by atoms with Crippen molar-refractivity contribution in [2.75, 3.05) is 11.9 Å². The van der Waals surface area contributed by atoms with Gasteiger partial charge in [0.2, 0.25) is 0 Å². The molecule has 2 bridgehead atoms. The van der Waals surface area contributed by atoms with Gasteiger partial charge in [-0.25, -0.2) is 9.59 Å². The lowest BCUT2D eigenvalue weighted by Crippen LogP contribution is -2.83. The van der Waals surface area contributed by atoms with Crippen LogP contribution in [0.1, 0.15) is 76.4 Å². The van der Waals surface area contributed by atoms with E-state index in [0.29, 0.717) is 22.4 Å². The molecule has 0 aromatic heterocycles. The Labute approximate surface area is 380 Å². The SMILES string of the molecule is CC(=O)O[C@H]1C(=O)[C@]2(C)[C@@H](OC(=O)/C=C/c3cccc(NC(=O)c4ccccc4)c3)C[C@H]3OC[C@@]3(OC(C)=O)[C@H]2[C@H](OCc2ccccc2)[C@]23OC(=O)O[C@H]2[C@H](OC(C)=O)C(C)=C1C3(C)C. The molecule has 66 heavy (non-hydrogen) atoms. The van der Waals surface area contributed by atoms with Crippen molar-refractivity contribution >= 4 is 53.5 Å². The minimum atomic E-state index is -2.03. The van der Waals surface area contributed by atoms with Crippen LogP contribution in [0, 0.1) is 16.7 Å². The Bertz CT molecular complexity index is 2540. The van der Waals surface area contributed by atoms with E-state index in [2.05, 4.69) is 5.32 Å². The van der Waals surface area contributed by atoms with Crippen LogP contribution >= 0.6 is 0 Å². The summed E-state index contributed by atoms with van der Waals surface area (Å²) in [5.74, 6) is -5.70. The topological polar surface area (TPSA) is 205 Å². The minimum Gasteiger partial charge on any atom is -0.458 e. The monoisotopic (exact) mass is 905 g/mol. The number of rotatable bonds is 11. The van der Waals surface area contributed by atoms with Gasteiger partial charge in [0.1, 0.15) is 18.3 Å². The fraction of sp³-hybridized carbons (Fsp3) is 0.420. The third-order valence-electron chi connectivity index (χ3n) is 13.8. The van der Waals surface area contributed by atoms with E-state index in [-0.39, 0.29) is 36.7 Å². The molecule has 4 fully saturated rings. The van der Waals surface area contributed by atoms with Crippen molar-refractivity contribution in [3.8, 4) is 0 Å². The average Bonchev–Trinajstić information content (AvgIpc) is 3.63. The molecule has 2 aliphatic heterocycles. The maximum absolute atomic E-state index is 16.1. The molecular formula is C50H51NO15. The number of carbonyl (C=O) groups is 7. The highest BCUT2D eigenvalue weighted by Crippen LogP contribution is 2.67. The number of amides is 1. The van der Waals surface area contributed by atoms with Gasteiger partial charge >= 0.3 is 30.0 Å². The van der Waals surface area contributed by atoms with Crippen LogP contribution in [0.2, 0.25) is 0 Å². The van der Waals surface area contributed by atoms with Gasteiger partial charge in [-0.2, -0.15) is 0 Å². The summed E-state index contributed by atoms with van der Waals surface area (Å²) in [6, 6.07) is 24.5. The standard InChI is InChI=1S/C50H51NO15/c1-27-38-40(62-29(3)53)42(56)48(7)35(63-37(55)22-21-31-17-14-20-34(23-31)51-45(57)33-18-12-9-13-19-33)24-36-49(26-60-36,65-30(4)54)41(48)44(59-25-32-15-10-8-11-16-32)50(47(38,5)6)43(64-46(58)66-50)39(27)61-28(2)52/h8-23,35-36,39-41,43-44H,24-26H2,1-7H3,(H,51,57)/b22-21+/t35-,36+,39+,40+,41-,43-,44-,48+,49-,50+/m0/s1. The van der Waals surface area contributed by atoms with Crippen molar-refractivity contribution in [3.05, 3.63) is 119 Å². The number of ketones is 1. The first kappa shape index (κ1) is 45.9. The van der Waals surface area contributed by atoms with E-state index < -0.39 is 100 Å². The number of hydrogen-bond donors (Lipinski definition) is 1. The van der Waals surface area contributed by atoms with Crippen LogP contribution in [0.5, 0.6) is 0 Å². The summed E-state index contributed by atoms with van der Waals surface area (Å²) in [5.41, 5.74) is -4.72. The highest BCUT2D eigenvalue weighted by Gasteiger charge is 2.83. The minimum absolute atomic E-state index is 0.141. The lowest BCUT2D eigenvalue weighted by Gasteiger charge is -2.67. The van der Waals surface area contributed by atoms with Gasteiger partial charge in [0, 0.05) is 49.9 Å². The number of hydrogen-bond acceptors (Lipinski definition) is 15. The zero-order valence-electron chi connectivity index (χ0n) is 37.5. The molecule has 16 heteroatoms. The van der Waals surface area contributed by atoms with Crippen LogP contribution in [0.15, 0.2) is 102 Å². The summed E-state index contributed by atoms with van der Waals surface area (Å²) >= 11 is 0. The Kier molecular flexibility index (Phi) is 12.0. The van der Waals surface area contributed by atoms with E-state index in [9.17, 15) is 28.8 Å². The van der Waals surface area contributed by atoms with E-state index in [1.807, 2.05) is 6.07 Å². The summed E-state index contributed by atoms with van der Waals surface area (Å²) in [6.45, 7) is 9.62. The number of anilines is 1. The van der Waals surface area contributed by atoms with Crippen LogP contribution in [0.3, 0.4) is 0 Å². The number of fused-ring (bicyclic) bond motifs is 4. The number of ether oxygens (including phenoxy) is 8. The van der Waals surface area contributed by atoms with Crippen LogP contribution < -0.4 is 5.32 Å². The summed E-state index contributed by atoms with van der Waals surface area (Å²) in [5, 5.41) is 2.84. The largest absolute Gasteiger partial charge is 0.509 e. The molecule has 1 amide bonds. The zero-order valence-corrected chi connectivity index (χ0v) is 37.5. The van der Waals surface area contributed by atoms with E-state index in [1.54, 1.807) is 99.6 Å². The molecular weight excluding hydrogens is 855 g/mol. The van der Waals surface area contributed by atoms with Gasteiger partial charge in [0.15, 0.2) is 35.3 Å². The van der Waals surface area contributed by atoms with Gasteiger partial charge in [-0.3, -0.25) is 24.0 Å². The number of carbonyl (C=O) groups excluding carboxylic acids is 7. The first-order chi connectivity index (χ1) is 31.3. The quantitative estimate of drug-likeness (QED) is 0.0977. The Hall–Kier alpha value is -6.65. The van der Waals surface area contributed by atoms with Crippen molar-refractivity contribution in [2.45, 2.75) is 109 Å². The molecule has 346 valence electrons. The second-order valence-electron chi connectivity index (χ2n) is 18.1. The molecule has 0 radical (unpaired) electrons. The molecule has 1 spiro atoms. The fourth-order valence-corrected chi connectivity index (χ4v) is 11.0. The van der Waals surface area contributed by atoms with E-state index in [0.717, 1.165) is 6.92 Å². The summed E-state index contributed by atoms with van der Waals surface area (Å²) in [6.07, 6.45) is -7.11. The number of Topliss-reactive ketones (excluding diaryl/α,β-unsaturated/α-hetero) is 1. The third kappa shape index (κ3) is 7.64. The van der Waals surface area contributed by atoms with Gasteiger partial charge in [0.25, 0.3) is 5.91 Å². The molecule has 3 aliphatic carbocycles. The molecule has 5 aliphatic rings. The molecule has 0 unspecified atom stereocenters. The lowest BCUT2D eigenvalue weighted by atomic mass is 9.44. The summed E-state index contributed by atoms with van der Waals surface area (Å²) < 4.78 is 50.2. The van der Waals surface area contributed by atoms with Crippen LogP contribution in [-0.4, -0.2) is 96.2 Å². The molecule has 2 saturated carbocycles. The van der Waals surface area contributed by atoms with E-state index >= 15 is 4.79 Å². The number of benzene rings is 3. The second kappa shape index (κ2) is 17.3. The molecule has 3 aromatic rings. The zero-order chi connectivity index (χ0) is 47.3. The van der Waals surface area contributed by atoms with Crippen molar-refractivity contribution in [1.29, 1.82) is 0 Å². The van der Waals surface area contributed by atoms with E-state index in [1.165, 1.54) is 32.9 Å². The van der Waals surface area contributed by atoms with Crippen molar-refractivity contribution < 1.29 is 71.5 Å². The Morgan fingerprint density at radius 1 is 0.833 bits per heavy atom. The fourth-order valence-electron chi connectivity index (χ4n) is 11.0. The van der Waals surface area contributed by atoms with Gasteiger partial charge in [-0.05, 0) is 66.5 Å². The maximum Gasteiger partial charge on any atom is 0.509 e. The van der Waals surface area contributed by atoms with Crippen molar-refractivity contribution in [3.63, 3.8) is 0 Å². The third-order valence-corrected chi connectivity index (χ3v) is 13.8. The molecule has 2 saturated heterocycles. The second-order valence-corrected chi connectivity index (χ2v) is 18.1. The van der Waals surface area contributed by atoms with Crippen LogP contribution in [0.25, 0.3) is 6.08 Å². The maximum atomic E-state index is 16.1. The van der Waals surface area contributed by atoms with Gasteiger partial charge in [-0.1, -0.05) is 74.5 Å². The van der Waals surface area contributed by atoms with Gasteiger partial charge in [0.05, 0.1) is 24.5 Å². The number of nitrogens with one attached hydrogen (secondary N) is 1. The van der Waals surface area contributed by atoms with Gasteiger partial charge in [-0.15, -0.1) is 0 Å². The predicted octanol–water partition coefficient (Wildman–Crippen LogP) is 6.25. The van der Waals surface area contributed by atoms with Crippen LogP contribution in [0.4, 0.5) is 10.5 Å². The Balaban J connectivity index is 1.28. The highest BCUT2D eigenvalue weighted by molar-refractivity contribution is 6.04. The molecule has 10 atom stereocenters. The summed E-state index contributed by atoms with van der Waals surface area (Å²) in [4.78, 5) is 96.4. The average molecular weight is 906 g/mol. The summed E-state index contributed by atoms with van der Waals surface area (Å²) in [7, 11) is 0.